The van der Waals surface area contributed by atoms with E-state index >= 15 is 0 Å². The lowest BCUT2D eigenvalue weighted by Crippen LogP contribution is -2.26. The molecule has 0 spiro atoms. The molecule has 1 heterocycles. The zero-order valence-corrected chi connectivity index (χ0v) is 14.1. The van der Waals surface area contributed by atoms with Gasteiger partial charge in [-0.25, -0.2) is 9.59 Å². The Morgan fingerprint density at radius 3 is 2.24 bits per heavy atom. The summed E-state index contributed by atoms with van der Waals surface area (Å²) in [5, 5.41) is 5.04. The predicted molar refractivity (Wildman–Crippen MR) is 91.1 cm³/mol. The lowest BCUT2D eigenvalue weighted by molar-refractivity contribution is 0.131. The van der Waals surface area contributed by atoms with Gasteiger partial charge in [0.2, 0.25) is 0 Å². The van der Waals surface area contributed by atoms with Gasteiger partial charge in [0.05, 0.1) is 0 Å². The van der Waals surface area contributed by atoms with Crippen molar-refractivity contribution in [3.63, 3.8) is 0 Å². The second-order valence-corrected chi connectivity index (χ2v) is 4.89. The molecule has 1 rings (SSSR count). The summed E-state index contributed by atoms with van der Waals surface area (Å²) in [6.07, 6.45) is 11.4. The first-order valence-electron chi connectivity index (χ1n) is 7.61. The number of ether oxygens (including phenoxy) is 2. The number of hydrogen-bond donors (Lipinski definition) is 2. The first-order valence-corrected chi connectivity index (χ1v) is 7.61. The number of carbonyl (C=O) groups is 2. The lowest BCUT2D eigenvalue weighted by atomic mass is 10.1. The van der Waals surface area contributed by atoms with Crippen molar-refractivity contribution in [1.29, 1.82) is 0 Å². The van der Waals surface area contributed by atoms with Crippen molar-refractivity contribution in [1.82, 2.24) is 15.6 Å². The zero-order chi connectivity index (χ0) is 18.5. The third-order valence-corrected chi connectivity index (χ3v) is 2.92. The van der Waals surface area contributed by atoms with E-state index in [0.717, 1.165) is 0 Å². The van der Waals surface area contributed by atoms with Crippen molar-refractivity contribution in [3.05, 3.63) is 29.1 Å². The summed E-state index contributed by atoms with van der Waals surface area (Å²) in [5.74, 6) is 4.82. The molecule has 0 fully saturated rings. The number of carbonyl (C=O) groups excluding carboxylic acids is 2. The van der Waals surface area contributed by atoms with Crippen molar-refractivity contribution >= 4 is 12.2 Å². The van der Waals surface area contributed by atoms with Crippen molar-refractivity contribution in [2.45, 2.75) is 33.0 Å². The summed E-state index contributed by atoms with van der Waals surface area (Å²) in [4.78, 5) is 27.2. The van der Waals surface area contributed by atoms with Crippen molar-refractivity contribution in [2.24, 2.45) is 0 Å². The van der Waals surface area contributed by atoms with Gasteiger partial charge >= 0.3 is 12.2 Å². The largest absolute Gasteiger partial charge is 0.445 e. The summed E-state index contributed by atoms with van der Waals surface area (Å²) in [7, 11) is 0. The van der Waals surface area contributed by atoms with Gasteiger partial charge in [-0.15, -0.1) is 24.7 Å². The van der Waals surface area contributed by atoms with Crippen molar-refractivity contribution < 1.29 is 19.1 Å². The van der Waals surface area contributed by atoms with Crippen LogP contribution in [0, 0.1) is 37.7 Å². The van der Waals surface area contributed by atoms with E-state index in [1.165, 1.54) is 0 Å². The van der Waals surface area contributed by atoms with Crippen LogP contribution < -0.4 is 10.6 Å². The van der Waals surface area contributed by atoms with Gasteiger partial charge in [0.1, 0.15) is 13.2 Å². The predicted octanol–water partition coefficient (Wildman–Crippen LogP) is 1.69. The van der Waals surface area contributed by atoms with Crippen LogP contribution in [0.2, 0.25) is 0 Å². The standard InChI is InChI=1S/C18H20N3O4/c1-4-6-8-19-17(22)24-12-15-10-14(3)21-11-16(15)13-25-18(23)20-9-7-5-2/h1-2,11H,6-9,12-13H2,3H3,(H,19,22)(H,20,23). The number of terminal acetylenes is 2. The third-order valence-electron chi connectivity index (χ3n) is 2.92. The Labute approximate surface area is 147 Å². The fourth-order valence-corrected chi connectivity index (χ4v) is 1.69. The van der Waals surface area contributed by atoms with Gasteiger partial charge in [-0.2, -0.15) is 0 Å². The van der Waals surface area contributed by atoms with Crippen molar-refractivity contribution in [3.8, 4) is 24.7 Å². The van der Waals surface area contributed by atoms with Gasteiger partial charge in [0, 0.05) is 55.0 Å². The number of amides is 2. The van der Waals surface area contributed by atoms with E-state index in [1.54, 1.807) is 13.1 Å². The molecule has 2 amide bonds. The quantitative estimate of drug-likeness (QED) is 0.554. The maximum Gasteiger partial charge on any atom is 0.407 e. The lowest BCUT2D eigenvalue weighted by Gasteiger charge is -2.11. The average molecular weight is 342 g/mol. The van der Waals surface area contributed by atoms with Crippen LogP contribution in [0.25, 0.3) is 0 Å². The molecule has 131 valence electrons. The van der Waals surface area contributed by atoms with Crippen LogP contribution in [0.4, 0.5) is 9.59 Å². The van der Waals surface area contributed by atoms with Crippen LogP contribution in [0.3, 0.4) is 0 Å². The number of nitrogens with zero attached hydrogens (tertiary/aromatic N) is 1. The number of pyridine rings is 1. The molecule has 0 aromatic carbocycles. The Hall–Kier alpha value is -3.19. The fourth-order valence-electron chi connectivity index (χ4n) is 1.69. The van der Waals surface area contributed by atoms with Gasteiger partial charge in [-0.3, -0.25) is 4.98 Å². The summed E-state index contributed by atoms with van der Waals surface area (Å²) < 4.78 is 10.2. The number of alkyl carbamates (subject to hydrolysis) is 2. The van der Waals surface area contributed by atoms with Crippen LogP contribution in [-0.2, 0) is 22.7 Å². The molecule has 0 saturated carbocycles. The molecule has 0 saturated heterocycles. The molecule has 0 unspecified atom stereocenters. The van der Waals surface area contributed by atoms with Crippen LogP contribution >= 0.6 is 0 Å². The van der Waals surface area contributed by atoms with E-state index in [0.29, 0.717) is 42.8 Å². The maximum absolute atomic E-state index is 11.6. The minimum absolute atomic E-state index is 0.0247. The van der Waals surface area contributed by atoms with Gasteiger partial charge in [0.25, 0.3) is 0 Å². The van der Waals surface area contributed by atoms with E-state index in [1.807, 2.05) is 0 Å². The monoisotopic (exact) mass is 342 g/mol. The van der Waals surface area contributed by atoms with Gasteiger partial charge in [-0.05, 0) is 6.92 Å². The Bertz CT molecular complexity index is 674. The number of hydrogen-bond acceptors (Lipinski definition) is 5. The normalized spacial score (nSPS) is 9.40. The van der Waals surface area contributed by atoms with E-state index < -0.39 is 12.2 Å². The SMILES string of the molecule is C#CCCNC(=O)OCc1[c]c(C)ncc1COC(=O)NCCC#C. The van der Waals surface area contributed by atoms with Crippen LogP contribution in [0.15, 0.2) is 6.20 Å². The molecule has 0 aliphatic rings. The number of rotatable bonds is 8. The second-order valence-electron chi connectivity index (χ2n) is 4.89. The molecule has 7 nitrogen and oxygen atoms in total. The van der Waals surface area contributed by atoms with Crippen LogP contribution in [-0.4, -0.2) is 30.3 Å². The highest BCUT2D eigenvalue weighted by Crippen LogP contribution is 2.12. The molecule has 1 aromatic rings. The minimum atomic E-state index is -0.588. The maximum atomic E-state index is 11.6. The molecular weight excluding hydrogens is 322 g/mol. The Kier molecular flexibility index (Phi) is 9.02. The highest BCUT2D eigenvalue weighted by molar-refractivity contribution is 5.67. The van der Waals surface area contributed by atoms with Gasteiger partial charge < -0.3 is 20.1 Å². The van der Waals surface area contributed by atoms with Crippen LogP contribution in [0.5, 0.6) is 0 Å². The molecule has 7 heteroatoms. The number of nitrogens with one attached hydrogen (secondary N) is 2. The molecule has 0 atom stereocenters. The molecular formula is C18H20N3O4. The molecule has 25 heavy (non-hydrogen) atoms. The Morgan fingerprint density at radius 2 is 1.68 bits per heavy atom. The summed E-state index contributed by atoms with van der Waals surface area (Å²) >= 11 is 0. The second kappa shape index (κ2) is 11.4. The van der Waals surface area contributed by atoms with E-state index in [-0.39, 0.29) is 13.2 Å². The zero-order valence-electron chi connectivity index (χ0n) is 14.1. The molecule has 0 aliphatic heterocycles. The fraction of sp³-hybridized carbons (Fsp3) is 0.389. The van der Waals surface area contributed by atoms with Crippen molar-refractivity contribution in [2.75, 3.05) is 13.1 Å². The molecule has 0 bridgehead atoms. The Morgan fingerprint density at radius 1 is 1.12 bits per heavy atom. The van der Waals surface area contributed by atoms with E-state index in [4.69, 9.17) is 22.3 Å². The molecule has 0 aliphatic carbocycles. The minimum Gasteiger partial charge on any atom is -0.445 e. The Balaban J connectivity index is 2.55. The molecule has 1 radical (unpaired) electrons. The summed E-state index contributed by atoms with van der Waals surface area (Å²) in [6.45, 7) is 2.38. The molecule has 1 aromatic heterocycles. The number of aryl methyl sites for hydroxylation is 1. The van der Waals surface area contributed by atoms with E-state index in [9.17, 15) is 9.59 Å². The smallest absolute Gasteiger partial charge is 0.407 e. The molecule has 2 N–H and O–H groups in total. The first-order chi connectivity index (χ1) is 12.1. The summed E-state index contributed by atoms with van der Waals surface area (Å²) in [6, 6.07) is 2.99. The van der Waals surface area contributed by atoms with E-state index in [2.05, 4.69) is 33.5 Å². The van der Waals surface area contributed by atoms with Crippen LogP contribution in [0.1, 0.15) is 29.7 Å². The third kappa shape index (κ3) is 8.29. The van der Waals surface area contributed by atoms with Gasteiger partial charge in [0.15, 0.2) is 0 Å². The highest BCUT2D eigenvalue weighted by atomic mass is 16.6. The highest BCUT2D eigenvalue weighted by Gasteiger charge is 2.10. The number of aromatic nitrogens is 1. The average Bonchev–Trinajstić information content (AvgIpc) is 2.59. The topological polar surface area (TPSA) is 89.6 Å². The first kappa shape index (κ1) is 19.9. The summed E-state index contributed by atoms with van der Waals surface area (Å²) in [5.41, 5.74) is 1.80. The van der Waals surface area contributed by atoms with Gasteiger partial charge in [-0.1, -0.05) is 0 Å².